The monoisotopic (exact) mass is 647 g/mol. The number of aliphatic hydroxyl groups is 2. The molecule has 2 aromatic carbocycles. The second kappa shape index (κ2) is 15.1. The van der Waals surface area contributed by atoms with Gasteiger partial charge in [0.2, 0.25) is 0 Å². The zero-order chi connectivity index (χ0) is 32.8. The lowest BCUT2D eigenvalue weighted by molar-refractivity contribution is -0.0272. The third-order valence-electron chi connectivity index (χ3n) is 9.87. The molecule has 1 amide bonds. The van der Waals surface area contributed by atoms with E-state index in [1.165, 1.54) is 0 Å². The lowest BCUT2D eigenvalue weighted by atomic mass is 9.80. The number of hydrogen-bond donors (Lipinski definition) is 4. The fraction of sp³-hybridized carbons (Fsp3) is 0.541. The Hall–Kier alpha value is -3.57. The summed E-state index contributed by atoms with van der Waals surface area (Å²) in [6, 6.07) is 13.4. The molecule has 1 saturated heterocycles. The number of piperidine rings is 1. The van der Waals surface area contributed by atoms with Crippen molar-refractivity contribution in [2.45, 2.75) is 83.1 Å². The summed E-state index contributed by atoms with van der Waals surface area (Å²) in [5, 5.41) is 26.2. The number of H-pyrrole nitrogens is 1. The summed E-state index contributed by atoms with van der Waals surface area (Å²) >= 11 is 0. The number of nitrogens with zero attached hydrogens (tertiary/aromatic N) is 1. The molecular weight excluding hydrogens is 598 g/mol. The number of furan rings is 1. The highest BCUT2D eigenvalue weighted by Crippen LogP contribution is 2.33. The predicted molar refractivity (Wildman–Crippen MR) is 181 cm³/mol. The normalized spacial score (nSPS) is 23.7. The summed E-state index contributed by atoms with van der Waals surface area (Å²) in [6.45, 7) is 8.95. The van der Waals surface area contributed by atoms with Gasteiger partial charge < -0.3 is 44.0 Å². The van der Waals surface area contributed by atoms with Gasteiger partial charge in [0.1, 0.15) is 29.4 Å². The van der Waals surface area contributed by atoms with E-state index in [-0.39, 0.29) is 24.0 Å². The molecule has 2 aliphatic rings. The zero-order valence-corrected chi connectivity index (χ0v) is 27.6. The Morgan fingerprint density at radius 3 is 2.77 bits per heavy atom. The zero-order valence-electron chi connectivity index (χ0n) is 27.6. The van der Waals surface area contributed by atoms with Gasteiger partial charge in [-0.25, -0.2) is 0 Å². The largest absolute Gasteiger partial charge is 0.493 e. The number of ether oxygens (including phenoxy) is 3. The van der Waals surface area contributed by atoms with Crippen molar-refractivity contribution in [3.05, 3.63) is 60.0 Å². The average Bonchev–Trinajstić information content (AvgIpc) is 3.70. The van der Waals surface area contributed by atoms with Crippen molar-refractivity contribution in [3.63, 3.8) is 0 Å². The maximum atomic E-state index is 13.3. The van der Waals surface area contributed by atoms with Gasteiger partial charge in [0.25, 0.3) is 5.91 Å². The molecule has 0 unspecified atom stereocenters. The van der Waals surface area contributed by atoms with Gasteiger partial charge in [-0.15, -0.1) is 0 Å². The molecule has 0 spiro atoms. The molecule has 10 heteroatoms. The Kier molecular flexibility index (Phi) is 10.7. The number of hydrogen-bond acceptors (Lipinski definition) is 8. The molecule has 2 aromatic heterocycles. The van der Waals surface area contributed by atoms with Crippen LogP contribution in [0.1, 0.15) is 74.8 Å². The van der Waals surface area contributed by atoms with E-state index in [9.17, 15) is 15.0 Å². The number of carbonyl (C=O) groups is 1. The lowest BCUT2D eigenvalue weighted by Gasteiger charge is -2.39. The lowest BCUT2D eigenvalue weighted by Crippen LogP contribution is -2.47. The topological polar surface area (TPSA) is 129 Å². The van der Waals surface area contributed by atoms with Crippen molar-refractivity contribution >= 4 is 27.8 Å². The van der Waals surface area contributed by atoms with Crippen LogP contribution < -0.4 is 14.8 Å². The minimum absolute atomic E-state index is 0.0189. The molecule has 1 saturated carbocycles. The molecule has 3 heterocycles. The molecule has 6 rings (SSSR count). The van der Waals surface area contributed by atoms with Gasteiger partial charge in [0, 0.05) is 73.2 Å². The van der Waals surface area contributed by atoms with Crippen LogP contribution in [0.5, 0.6) is 11.5 Å². The number of amides is 1. The number of fused-ring (bicyclic) bond motifs is 2. The van der Waals surface area contributed by atoms with Gasteiger partial charge in [-0.3, -0.25) is 4.79 Å². The molecule has 47 heavy (non-hydrogen) atoms. The van der Waals surface area contributed by atoms with E-state index in [0.717, 1.165) is 84.9 Å². The number of aliphatic hydroxyl groups excluding tert-OH is 1. The predicted octanol–water partition coefficient (Wildman–Crippen LogP) is 5.79. The van der Waals surface area contributed by atoms with E-state index in [2.05, 4.69) is 22.1 Å². The molecule has 4 N–H and O–H groups in total. The summed E-state index contributed by atoms with van der Waals surface area (Å²) < 4.78 is 23.3. The van der Waals surface area contributed by atoms with E-state index >= 15 is 0 Å². The van der Waals surface area contributed by atoms with E-state index < -0.39 is 5.60 Å². The standard InChI is InChI=1S/C37H49N3O7/c1-3-44-18-5-19-45-28-8-9-29-26(24-47-35(29)20-28)23-46-34-7-4-6-31-30(34)21-32(39-31)36(42)38-27-10-13-37(43,14-11-27)15-17-40-16-12-33(41)25(2)22-40/h4,6-9,20-21,24-25,27,33,39,41,43H,3,5,10-19,22-23H2,1-2H3,(H,38,42)/t25-,27?,33-,37?/m0/s1. The van der Waals surface area contributed by atoms with Gasteiger partial charge >= 0.3 is 0 Å². The number of aromatic nitrogens is 1. The summed E-state index contributed by atoms with van der Waals surface area (Å²) in [7, 11) is 0. The quantitative estimate of drug-likeness (QED) is 0.127. The molecule has 10 nitrogen and oxygen atoms in total. The Morgan fingerprint density at radius 1 is 1.11 bits per heavy atom. The van der Waals surface area contributed by atoms with E-state index in [1.807, 2.05) is 49.4 Å². The molecule has 254 valence electrons. The Bertz CT molecular complexity index is 1620. The Balaban J connectivity index is 1.00. The number of aromatic amines is 1. The van der Waals surface area contributed by atoms with E-state index in [0.29, 0.717) is 50.7 Å². The van der Waals surface area contributed by atoms with Crippen molar-refractivity contribution in [2.75, 3.05) is 39.5 Å². The van der Waals surface area contributed by atoms with Crippen LogP contribution in [0.4, 0.5) is 0 Å². The molecule has 1 aliphatic heterocycles. The van der Waals surface area contributed by atoms with Gasteiger partial charge in [0.05, 0.1) is 24.6 Å². The molecule has 1 aliphatic carbocycles. The second-order valence-electron chi connectivity index (χ2n) is 13.4. The smallest absolute Gasteiger partial charge is 0.267 e. The molecule has 2 fully saturated rings. The highest BCUT2D eigenvalue weighted by atomic mass is 16.5. The Morgan fingerprint density at radius 2 is 1.96 bits per heavy atom. The van der Waals surface area contributed by atoms with Gasteiger partial charge in [-0.2, -0.15) is 0 Å². The van der Waals surface area contributed by atoms with Crippen molar-refractivity contribution in [1.82, 2.24) is 15.2 Å². The molecule has 0 bridgehead atoms. The van der Waals surface area contributed by atoms with Crippen molar-refractivity contribution in [3.8, 4) is 11.5 Å². The van der Waals surface area contributed by atoms with Crippen LogP contribution in [-0.2, 0) is 11.3 Å². The summed E-state index contributed by atoms with van der Waals surface area (Å²) in [5.41, 5.74) is 2.28. The number of nitrogens with one attached hydrogen (secondary N) is 2. The van der Waals surface area contributed by atoms with E-state index in [1.54, 1.807) is 6.26 Å². The van der Waals surface area contributed by atoms with Crippen LogP contribution in [0.15, 0.2) is 53.1 Å². The van der Waals surface area contributed by atoms with Gasteiger partial charge in [0.15, 0.2) is 0 Å². The van der Waals surface area contributed by atoms with Gasteiger partial charge in [-0.05, 0) is 81.7 Å². The first-order valence-corrected chi connectivity index (χ1v) is 17.2. The fourth-order valence-corrected chi connectivity index (χ4v) is 6.89. The summed E-state index contributed by atoms with van der Waals surface area (Å²) in [5.74, 6) is 1.55. The highest BCUT2D eigenvalue weighted by Gasteiger charge is 2.35. The first-order chi connectivity index (χ1) is 22.8. The highest BCUT2D eigenvalue weighted by molar-refractivity contribution is 5.99. The van der Waals surface area contributed by atoms with Gasteiger partial charge in [-0.1, -0.05) is 13.0 Å². The number of likely N-dealkylation sites (tertiary alicyclic amines) is 1. The van der Waals surface area contributed by atoms with Crippen LogP contribution >= 0.6 is 0 Å². The maximum Gasteiger partial charge on any atom is 0.267 e. The summed E-state index contributed by atoms with van der Waals surface area (Å²) in [6.07, 6.45) is 6.66. The van der Waals surface area contributed by atoms with Crippen molar-refractivity contribution < 1.29 is 33.6 Å². The molecule has 0 radical (unpaired) electrons. The molecule has 2 atom stereocenters. The summed E-state index contributed by atoms with van der Waals surface area (Å²) in [4.78, 5) is 18.9. The van der Waals surface area contributed by atoms with Crippen LogP contribution in [0, 0.1) is 5.92 Å². The minimum Gasteiger partial charge on any atom is -0.493 e. The molecule has 4 aromatic rings. The number of benzene rings is 2. The third kappa shape index (κ3) is 8.30. The number of rotatable bonds is 14. The minimum atomic E-state index is -0.700. The van der Waals surface area contributed by atoms with Crippen LogP contribution in [0.25, 0.3) is 21.9 Å². The van der Waals surface area contributed by atoms with Crippen LogP contribution in [-0.4, -0.2) is 83.2 Å². The fourth-order valence-electron chi connectivity index (χ4n) is 6.89. The third-order valence-corrected chi connectivity index (χ3v) is 9.87. The van der Waals surface area contributed by atoms with Crippen LogP contribution in [0.2, 0.25) is 0 Å². The number of carbonyl (C=O) groups excluding carboxylic acids is 1. The average molecular weight is 648 g/mol. The second-order valence-corrected chi connectivity index (χ2v) is 13.4. The van der Waals surface area contributed by atoms with Crippen LogP contribution in [0.3, 0.4) is 0 Å². The molecular formula is C37H49N3O7. The Labute approximate surface area is 276 Å². The van der Waals surface area contributed by atoms with Crippen molar-refractivity contribution in [1.29, 1.82) is 0 Å². The maximum absolute atomic E-state index is 13.3. The first kappa shape index (κ1) is 33.3. The van der Waals surface area contributed by atoms with E-state index in [4.69, 9.17) is 18.6 Å². The SMILES string of the molecule is CCOCCCOc1ccc2c(COc3cccc4[nH]c(C(=O)NC5CCC(O)(CCN6CC[C@H](O)[C@@H](C)C6)CC5)cc34)coc2c1. The van der Waals surface area contributed by atoms with Crippen molar-refractivity contribution in [2.24, 2.45) is 5.92 Å². The first-order valence-electron chi connectivity index (χ1n) is 17.2.